The molecule has 2 atom stereocenters. The molecule has 0 amide bonds. The number of rotatable bonds is 11. The monoisotopic (exact) mass is 825 g/mol. The summed E-state index contributed by atoms with van der Waals surface area (Å²) in [6.07, 6.45) is 11.8. The molecule has 0 saturated carbocycles. The second-order valence-electron chi connectivity index (χ2n) is 18.1. The van der Waals surface area contributed by atoms with Crippen molar-refractivity contribution in [1.29, 1.82) is 0 Å². The van der Waals surface area contributed by atoms with E-state index in [1.54, 1.807) is 0 Å². The molecule has 0 nitrogen and oxygen atoms in total. The van der Waals surface area contributed by atoms with E-state index in [1.807, 2.05) is 0 Å². The molecule has 2 aliphatic rings. The van der Waals surface area contributed by atoms with Crippen LogP contribution in [0.15, 0.2) is 96.1 Å². The molecule has 4 aromatic carbocycles. The molecule has 0 saturated heterocycles. The van der Waals surface area contributed by atoms with E-state index in [-0.39, 0.29) is 18.1 Å². The van der Waals surface area contributed by atoms with Crippen molar-refractivity contribution in [1.82, 2.24) is 0 Å². The molecule has 52 heavy (non-hydrogen) atoms. The fraction of sp³-hybridized carbons (Fsp3) is 0.417. The van der Waals surface area contributed by atoms with Crippen molar-refractivity contribution in [3.63, 3.8) is 0 Å². The fourth-order valence-corrected chi connectivity index (χ4v) is 40.9. The van der Waals surface area contributed by atoms with Gasteiger partial charge < -0.3 is 0 Å². The van der Waals surface area contributed by atoms with Gasteiger partial charge in [0.1, 0.15) is 0 Å². The maximum atomic E-state index is 8.96. The van der Waals surface area contributed by atoms with E-state index in [0.717, 1.165) is 38.5 Å². The summed E-state index contributed by atoms with van der Waals surface area (Å²) < 4.78 is 0.191. The van der Waals surface area contributed by atoms with Crippen molar-refractivity contribution in [2.45, 2.75) is 125 Å². The van der Waals surface area contributed by atoms with Gasteiger partial charge in [-0.1, -0.05) is 0 Å². The Balaban J connectivity index is 1.68. The van der Waals surface area contributed by atoms with Crippen LogP contribution >= 0.6 is 17.0 Å². The average molecular weight is 828 g/mol. The number of fused-ring (bicyclic) bond motifs is 2. The fourth-order valence-electron chi connectivity index (χ4n) is 9.44. The van der Waals surface area contributed by atoms with E-state index in [1.165, 1.54) is 66.8 Å². The Kier molecular flexibility index (Phi) is 11.4. The zero-order valence-electron chi connectivity index (χ0n) is 33.5. The molecule has 2 aliphatic carbocycles. The molecule has 0 heterocycles. The van der Waals surface area contributed by atoms with Crippen LogP contribution in [0.5, 0.6) is 0 Å². The van der Waals surface area contributed by atoms with Crippen LogP contribution in [0.3, 0.4) is 0 Å². The molecule has 0 aliphatic heterocycles. The van der Waals surface area contributed by atoms with Gasteiger partial charge in [-0.3, -0.25) is 0 Å². The van der Waals surface area contributed by atoms with Gasteiger partial charge in [0, 0.05) is 0 Å². The summed E-state index contributed by atoms with van der Waals surface area (Å²) in [4.78, 5) is 0. The van der Waals surface area contributed by atoms with E-state index >= 15 is 0 Å². The number of unbranched alkanes of at least 4 members (excludes halogenated alkanes) is 2. The van der Waals surface area contributed by atoms with Gasteiger partial charge in [-0.15, -0.1) is 0 Å². The minimum absolute atomic E-state index is 0.0124. The summed E-state index contributed by atoms with van der Waals surface area (Å²) in [5, 5.41) is 0. The summed E-state index contributed by atoms with van der Waals surface area (Å²) in [6.45, 7) is 23.7. The molecule has 0 radical (unpaired) electrons. The van der Waals surface area contributed by atoms with Crippen molar-refractivity contribution >= 4 is 35.1 Å². The van der Waals surface area contributed by atoms with E-state index in [9.17, 15) is 0 Å². The second-order valence-corrected chi connectivity index (χ2v) is 60.6. The van der Waals surface area contributed by atoms with Crippen molar-refractivity contribution in [2.24, 2.45) is 0 Å². The molecule has 4 aromatic rings. The SMILES string of the molecule is CCCCC1=Cc2c(ccc(C(C)(C)C)c2-c2ccccc2)[CH]1[Zr]([Cl])([Cl])([CH]1C(CCCC)=Cc2c1ccc(C(C)(C)C)c2-c1ccccc1)[SiH](C)C. The summed E-state index contributed by atoms with van der Waals surface area (Å²) in [7, 11) is 17.9. The van der Waals surface area contributed by atoms with Crippen LogP contribution in [0.1, 0.15) is 135 Å². The van der Waals surface area contributed by atoms with Gasteiger partial charge in [-0.05, 0) is 0 Å². The topological polar surface area (TPSA) is 0 Å². The molecule has 0 aromatic heterocycles. The molecular weight excluding hydrogens is 767 g/mol. The molecule has 275 valence electrons. The Labute approximate surface area is 324 Å². The molecule has 6 rings (SSSR count). The van der Waals surface area contributed by atoms with Crippen LogP contribution in [0.2, 0.25) is 13.1 Å². The van der Waals surface area contributed by atoms with Crippen molar-refractivity contribution in [3.8, 4) is 22.3 Å². The number of halogens is 2. The minimum atomic E-state index is -4.97. The first-order valence-electron chi connectivity index (χ1n) is 20.0. The first-order chi connectivity index (χ1) is 24.5. The van der Waals surface area contributed by atoms with E-state index < -0.39 is 21.5 Å². The Morgan fingerprint density at radius 1 is 0.558 bits per heavy atom. The third-order valence-corrected chi connectivity index (χ3v) is 64.0. The van der Waals surface area contributed by atoms with Crippen LogP contribution in [0, 0.1) is 0 Å². The zero-order valence-corrected chi connectivity index (χ0v) is 38.6. The molecule has 2 unspecified atom stereocenters. The summed E-state index contributed by atoms with van der Waals surface area (Å²) in [6, 6.07) is 31.9. The van der Waals surface area contributed by atoms with Gasteiger partial charge in [0.15, 0.2) is 0 Å². The molecule has 0 bridgehead atoms. The normalized spacial score (nSPS) is 18.1. The average Bonchev–Trinajstić information content (AvgIpc) is 3.68. The summed E-state index contributed by atoms with van der Waals surface area (Å²) in [5.74, 6) is -1.70. The van der Waals surface area contributed by atoms with Crippen molar-refractivity contribution < 1.29 is 15.6 Å². The Morgan fingerprint density at radius 3 is 1.23 bits per heavy atom. The standard InChI is InChI=1S/2C23H27.C2H7Si.2ClH.Zr/c2*1-5-6-10-17-15-19-13-14-21(23(2,3)4)22(20(19)16-17)18-11-8-7-9-12-18;1-3-2;;;/h2*7-9,11-16H,5-6,10H2,1-4H3;3H,1-2H3;2*1H;/q;;;;;+2/p-2. The van der Waals surface area contributed by atoms with Gasteiger partial charge in [0.2, 0.25) is 0 Å². The van der Waals surface area contributed by atoms with Gasteiger partial charge in [-0.2, -0.15) is 0 Å². The van der Waals surface area contributed by atoms with Gasteiger partial charge in [0.05, 0.1) is 0 Å². The first-order valence-corrected chi connectivity index (χ1v) is 36.3. The van der Waals surface area contributed by atoms with Crippen LogP contribution in [0.4, 0.5) is 0 Å². The van der Waals surface area contributed by atoms with Crippen LogP contribution in [0.25, 0.3) is 34.4 Å². The van der Waals surface area contributed by atoms with Crippen LogP contribution < -0.4 is 0 Å². The Morgan fingerprint density at radius 2 is 0.923 bits per heavy atom. The van der Waals surface area contributed by atoms with Gasteiger partial charge in [-0.25, -0.2) is 0 Å². The second kappa shape index (κ2) is 14.9. The van der Waals surface area contributed by atoms with E-state index in [0.29, 0.717) is 0 Å². The predicted octanol–water partition coefficient (Wildman–Crippen LogP) is 15.6. The number of hydrogen-bond acceptors (Lipinski definition) is 0. The van der Waals surface area contributed by atoms with E-state index in [2.05, 4.69) is 166 Å². The quantitative estimate of drug-likeness (QED) is 0.132. The van der Waals surface area contributed by atoms with Crippen molar-refractivity contribution in [3.05, 3.63) is 129 Å². The molecule has 0 spiro atoms. The molecule has 0 N–H and O–H groups in total. The Bertz CT molecular complexity index is 1850. The number of allylic oxidation sites excluding steroid dienone is 2. The third-order valence-electron chi connectivity index (χ3n) is 12.2. The maximum absolute atomic E-state index is 8.96. The van der Waals surface area contributed by atoms with E-state index in [4.69, 9.17) is 17.0 Å². The summed E-state index contributed by atoms with van der Waals surface area (Å²) in [5.41, 5.74) is 16.6. The van der Waals surface area contributed by atoms with Crippen LogP contribution in [-0.2, 0) is 26.4 Å². The Hall–Kier alpha value is -1.96. The number of hydrogen-bond donors (Lipinski definition) is 0. The van der Waals surface area contributed by atoms with Gasteiger partial charge in [0.25, 0.3) is 0 Å². The zero-order chi connectivity index (χ0) is 37.7. The van der Waals surface area contributed by atoms with Gasteiger partial charge >= 0.3 is 327 Å². The molecule has 0 fully saturated rings. The van der Waals surface area contributed by atoms with Crippen molar-refractivity contribution in [2.75, 3.05) is 0 Å². The summed E-state index contributed by atoms with van der Waals surface area (Å²) >= 11 is -4.97. The molecule has 4 heteroatoms. The number of benzene rings is 4. The third kappa shape index (κ3) is 6.91. The van der Waals surface area contributed by atoms with Crippen LogP contribution in [-0.4, -0.2) is 5.92 Å². The predicted molar refractivity (Wildman–Crippen MR) is 232 cm³/mol. The first kappa shape index (κ1) is 39.7. The molecular formula is C48H61Cl2SiZr.